The van der Waals surface area contributed by atoms with E-state index in [1.165, 1.54) is 13.8 Å². The Labute approximate surface area is 218 Å². The van der Waals surface area contributed by atoms with E-state index in [-0.39, 0.29) is 33.0 Å². The molecule has 2 aromatic rings. The van der Waals surface area contributed by atoms with Crippen LogP contribution in [0.1, 0.15) is 87.2 Å². The molecule has 12 heteroatoms. The van der Waals surface area contributed by atoms with Gasteiger partial charge >= 0.3 is 6.18 Å². The van der Waals surface area contributed by atoms with Crippen molar-refractivity contribution in [2.24, 2.45) is 0 Å². The van der Waals surface area contributed by atoms with Crippen LogP contribution in [0.3, 0.4) is 0 Å². The standard InChI is InChI=1S/C25H34F3N5O3S/c1-13-9-8-10-33(13)22(35)18-19(37-21(31-18)20(34)30-14(2)24(6,7)36)15-12-29-17(32-23(3,4)5)11-16(15)25(26,27)28/h11-14,36H,8-10H2,1-7H3,(H,29,32)(H,30,34)/t13-,14?/m0/s1. The van der Waals surface area contributed by atoms with Gasteiger partial charge in [-0.25, -0.2) is 9.97 Å². The summed E-state index contributed by atoms with van der Waals surface area (Å²) >= 11 is 0.698. The van der Waals surface area contributed by atoms with Crippen molar-refractivity contribution in [3.63, 3.8) is 0 Å². The fourth-order valence-corrected chi connectivity index (χ4v) is 4.86. The molecule has 204 valence electrons. The molecule has 2 atom stereocenters. The minimum Gasteiger partial charge on any atom is -0.388 e. The summed E-state index contributed by atoms with van der Waals surface area (Å²) < 4.78 is 42.7. The number of likely N-dealkylation sites (tertiary alicyclic amines) is 1. The Balaban J connectivity index is 2.15. The number of aromatic nitrogens is 2. The van der Waals surface area contributed by atoms with Crippen LogP contribution in [-0.2, 0) is 6.18 Å². The van der Waals surface area contributed by atoms with Crippen LogP contribution in [-0.4, -0.2) is 61.6 Å². The molecule has 1 aliphatic rings. The summed E-state index contributed by atoms with van der Waals surface area (Å²) in [6, 6.07) is 0.122. The van der Waals surface area contributed by atoms with Crippen LogP contribution in [0.25, 0.3) is 10.4 Å². The van der Waals surface area contributed by atoms with Gasteiger partial charge in [0, 0.05) is 29.9 Å². The lowest BCUT2D eigenvalue weighted by Crippen LogP contribution is -2.47. The molecule has 8 nitrogen and oxygen atoms in total. The van der Waals surface area contributed by atoms with Gasteiger partial charge in [0.2, 0.25) is 0 Å². The second-order valence-corrected chi connectivity index (χ2v) is 12.0. The molecule has 1 unspecified atom stereocenters. The largest absolute Gasteiger partial charge is 0.417 e. The van der Waals surface area contributed by atoms with E-state index >= 15 is 0 Å². The highest BCUT2D eigenvalue weighted by Gasteiger charge is 2.38. The monoisotopic (exact) mass is 541 g/mol. The van der Waals surface area contributed by atoms with Crippen molar-refractivity contribution in [3.8, 4) is 10.4 Å². The van der Waals surface area contributed by atoms with Gasteiger partial charge < -0.3 is 20.6 Å². The summed E-state index contributed by atoms with van der Waals surface area (Å²) in [6.45, 7) is 12.3. The first-order chi connectivity index (χ1) is 16.9. The average Bonchev–Trinajstić information content (AvgIpc) is 3.37. The number of hydrogen-bond acceptors (Lipinski definition) is 7. The van der Waals surface area contributed by atoms with E-state index in [2.05, 4.69) is 20.6 Å². The van der Waals surface area contributed by atoms with Crippen LogP contribution in [0.5, 0.6) is 0 Å². The lowest BCUT2D eigenvalue weighted by atomic mass is 10.0. The van der Waals surface area contributed by atoms with E-state index in [1.54, 1.807) is 32.6 Å². The van der Waals surface area contributed by atoms with Crippen LogP contribution in [0.4, 0.5) is 19.0 Å². The molecule has 3 N–H and O–H groups in total. The number of aliphatic hydroxyl groups is 1. The summed E-state index contributed by atoms with van der Waals surface area (Å²) in [5.41, 5.74) is -3.31. The van der Waals surface area contributed by atoms with Gasteiger partial charge in [-0.3, -0.25) is 9.59 Å². The molecule has 37 heavy (non-hydrogen) atoms. The number of nitrogens with zero attached hydrogens (tertiary/aromatic N) is 3. The molecule has 3 rings (SSSR count). The fourth-order valence-electron chi connectivity index (χ4n) is 3.87. The van der Waals surface area contributed by atoms with Crippen molar-refractivity contribution in [2.45, 2.75) is 90.7 Å². The number of hydrogen-bond donors (Lipinski definition) is 3. The minimum atomic E-state index is -4.75. The van der Waals surface area contributed by atoms with E-state index in [4.69, 9.17) is 0 Å². The van der Waals surface area contributed by atoms with Gasteiger partial charge in [0.1, 0.15) is 11.5 Å². The molecule has 0 saturated carbocycles. The van der Waals surface area contributed by atoms with Crippen molar-refractivity contribution in [1.82, 2.24) is 20.2 Å². The van der Waals surface area contributed by atoms with E-state index in [0.29, 0.717) is 17.9 Å². The second kappa shape index (κ2) is 10.2. The first kappa shape index (κ1) is 28.8. The molecule has 3 heterocycles. The number of anilines is 1. The van der Waals surface area contributed by atoms with E-state index in [1.807, 2.05) is 6.92 Å². The Bertz CT molecular complexity index is 1170. The van der Waals surface area contributed by atoms with Crippen molar-refractivity contribution in [3.05, 3.63) is 28.5 Å². The zero-order valence-corrected chi connectivity index (χ0v) is 22.9. The molecule has 2 amide bonds. The SMILES string of the molecule is CC(NC(=O)c1nc(C(=O)N2CCC[C@@H]2C)c(-c2cnc(NC(C)(C)C)cc2C(F)(F)F)s1)C(C)(C)O. The highest BCUT2D eigenvalue weighted by atomic mass is 32.1. The maximum atomic E-state index is 14.2. The van der Waals surface area contributed by atoms with Gasteiger partial charge in [0.15, 0.2) is 5.01 Å². The van der Waals surface area contributed by atoms with E-state index in [0.717, 1.165) is 25.1 Å². The lowest BCUT2D eigenvalue weighted by Gasteiger charge is -2.26. The molecule has 1 aliphatic heterocycles. The molecule has 1 fully saturated rings. The number of carbonyl (C=O) groups excluding carboxylic acids is 2. The van der Waals surface area contributed by atoms with Crippen LogP contribution in [0, 0.1) is 0 Å². The summed E-state index contributed by atoms with van der Waals surface area (Å²) in [7, 11) is 0. The highest BCUT2D eigenvalue weighted by Crippen LogP contribution is 2.42. The number of halogens is 3. The summed E-state index contributed by atoms with van der Waals surface area (Å²) in [5, 5.41) is 15.6. The zero-order chi connectivity index (χ0) is 27.9. The van der Waals surface area contributed by atoms with E-state index < -0.39 is 40.7 Å². The predicted molar refractivity (Wildman–Crippen MR) is 137 cm³/mol. The molecule has 1 saturated heterocycles. The maximum Gasteiger partial charge on any atom is 0.417 e. The normalized spacial score (nSPS) is 17.6. The maximum absolute atomic E-state index is 14.2. The third-order valence-corrected chi connectivity index (χ3v) is 7.29. The summed E-state index contributed by atoms with van der Waals surface area (Å²) in [5.74, 6) is -1.19. The number of amides is 2. The van der Waals surface area contributed by atoms with Crippen molar-refractivity contribution >= 4 is 29.0 Å². The molecule has 0 radical (unpaired) electrons. The van der Waals surface area contributed by atoms with Crippen LogP contribution >= 0.6 is 11.3 Å². The van der Waals surface area contributed by atoms with Crippen LogP contribution in [0.15, 0.2) is 12.3 Å². The van der Waals surface area contributed by atoms with E-state index in [9.17, 15) is 27.9 Å². The lowest BCUT2D eigenvalue weighted by molar-refractivity contribution is -0.137. The van der Waals surface area contributed by atoms with Gasteiger partial charge in [-0.2, -0.15) is 13.2 Å². The van der Waals surface area contributed by atoms with Crippen LogP contribution < -0.4 is 10.6 Å². The second-order valence-electron chi connectivity index (χ2n) is 11.0. The van der Waals surface area contributed by atoms with Gasteiger partial charge in [-0.1, -0.05) is 0 Å². The van der Waals surface area contributed by atoms with Crippen molar-refractivity contribution < 1.29 is 27.9 Å². The number of carbonyl (C=O) groups is 2. The predicted octanol–water partition coefficient (Wildman–Crippen LogP) is 4.95. The first-order valence-corrected chi connectivity index (χ1v) is 12.9. The summed E-state index contributed by atoms with van der Waals surface area (Å²) in [6.07, 6.45) is -2.15. The third kappa shape index (κ3) is 6.78. The third-order valence-electron chi connectivity index (χ3n) is 6.20. The Morgan fingerprint density at radius 3 is 2.38 bits per heavy atom. The zero-order valence-electron chi connectivity index (χ0n) is 22.1. The van der Waals surface area contributed by atoms with Gasteiger partial charge in [-0.15, -0.1) is 11.3 Å². The Morgan fingerprint density at radius 1 is 1.22 bits per heavy atom. The van der Waals surface area contributed by atoms with Crippen molar-refractivity contribution in [1.29, 1.82) is 0 Å². The van der Waals surface area contributed by atoms with Crippen molar-refractivity contribution in [2.75, 3.05) is 11.9 Å². The molecule has 0 aromatic carbocycles. The number of pyridine rings is 1. The average molecular weight is 542 g/mol. The van der Waals surface area contributed by atoms with Crippen LogP contribution in [0.2, 0.25) is 0 Å². The molecule has 0 aliphatic carbocycles. The summed E-state index contributed by atoms with van der Waals surface area (Å²) in [4.78, 5) is 36.3. The van der Waals surface area contributed by atoms with Gasteiger partial charge in [0.25, 0.3) is 11.8 Å². The topological polar surface area (TPSA) is 107 Å². The molecular weight excluding hydrogens is 507 g/mol. The number of alkyl halides is 3. The molecule has 0 spiro atoms. The smallest absolute Gasteiger partial charge is 0.388 e. The Kier molecular flexibility index (Phi) is 7.95. The van der Waals surface area contributed by atoms with Gasteiger partial charge in [0.05, 0.1) is 22.1 Å². The molecule has 0 bridgehead atoms. The number of nitrogens with one attached hydrogen (secondary N) is 2. The Hall–Kier alpha value is -2.73. The van der Waals surface area contributed by atoms with Gasteiger partial charge in [-0.05, 0) is 67.4 Å². The number of thiazole rings is 1. The minimum absolute atomic E-state index is 0.0334. The Morgan fingerprint density at radius 2 is 1.86 bits per heavy atom. The molecular formula is C25H34F3N5O3S. The quantitative estimate of drug-likeness (QED) is 0.478. The number of rotatable bonds is 6. The highest BCUT2D eigenvalue weighted by molar-refractivity contribution is 7.17. The first-order valence-electron chi connectivity index (χ1n) is 12.1. The fraction of sp³-hybridized carbons (Fsp3) is 0.600. The molecule has 2 aromatic heterocycles.